The second kappa shape index (κ2) is 13.5. The van der Waals surface area contributed by atoms with Gasteiger partial charge in [0, 0.05) is 12.3 Å². The van der Waals surface area contributed by atoms with E-state index < -0.39 is 0 Å². The topological polar surface area (TPSA) is 26.3 Å². The van der Waals surface area contributed by atoms with Gasteiger partial charge in [-0.05, 0) is 54.0 Å². The van der Waals surface area contributed by atoms with Gasteiger partial charge in [0.2, 0.25) is 0 Å². The molecule has 2 heteroatoms. The second-order valence-corrected chi connectivity index (χ2v) is 9.57. The molecule has 1 fully saturated rings. The van der Waals surface area contributed by atoms with Crippen molar-refractivity contribution < 1.29 is 9.53 Å². The third kappa shape index (κ3) is 7.50. The number of unbranched alkanes of at least 4 members (excludes halogenated alkanes) is 6. The molecule has 0 spiro atoms. The van der Waals surface area contributed by atoms with Crippen LogP contribution in [-0.2, 0) is 4.79 Å². The second-order valence-electron chi connectivity index (χ2n) is 9.57. The highest BCUT2D eigenvalue weighted by Crippen LogP contribution is 2.36. The Kier molecular flexibility index (Phi) is 10.3. The average Bonchev–Trinajstić information content (AvgIpc) is 2.83. The first-order valence-electron chi connectivity index (χ1n) is 13.1. The Labute approximate surface area is 195 Å². The van der Waals surface area contributed by atoms with Crippen LogP contribution in [0.3, 0.4) is 0 Å². The first-order chi connectivity index (χ1) is 15.7. The summed E-state index contributed by atoms with van der Waals surface area (Å²) in [7, 11) is 0. The van der Waals surface area contributed by atoms with E-state index in [1.54, 1.807) is 0 Å². The van der Waals surface area contributed by atoms with Crippen molar-refractivity contribution >= 4 is 5.78 Å². The quantitative estimate of drug-likeness (QED) is 0.295. The van der Waals surface area contributed by atoms with Crippen molar-refractivity contribution in [1.29, 1.82) is 0 Å². The number of hydrogen-bond acceptors (Lipinski definition) is 2. The molecule has 0 bridgehead atoms. The lowest BCUT2D eigenvalue weighted by molar-refractivity contribution is -0.123. The number of ether oxygens (including phenoxy) is 1. The highest BCUT2D eigenvalue weighted by molar-refractivity contribution is 5.86. The van der Waals surface area contributed by atoms with Gasteiger partial charge < -0.3 is 4.74 Å². The Morgan fingerprint density at radius 3 is 2.03 bits per heavy atom. The van der Waals surface area contributed by atoms with Crippen LogP contribution < -0.4 is 4.74 Å². The molecule has 0 radical (unpaired) electrons. The molecule has 0 heterocycles. The molecule has 2 aromatic carbocycles. The minimum absolute atomic E-state index is 0.0969. The molecule has 0 saturated heterocycles. The summed E-state index contributed by atoms with van der Waals surface area (Å²) in [6.07, 6.45) is 14.4. The molecule has 3 rings (SSSR count). The number of ketones is 1. The average molecular weight is 435 g/mol. The largest absolute Gasteiger partial charge is 0.494 e. The first-order valence-corrected chi connectivity index (χ1v) is 13.1. The number of hydrogen-bond donors (Lipinski definition) is 0. The molecule has 0 amide bonds. The molecule has 1 aliphatic rings. The lowest BCUT2D eigenvalue weighted by Crippen LogP contribution is -2.23. The minimum Gasteiger partial charge on any atom is -0.494 e. The van der Waals surface area contributed by atoms with Crippen molar-refractivity contribution in [3.8, 4) is 16.9 Å². The fraction of sp³-hybridized carbons (Fsp3) is 0.567. The third-order valence-corrected chi connectivity index (χ3v) is 6.98. The maximum atomic E-state index is 12.7. The van der Waals surface area contributed by atoms with E-state index >= 15 is 0 Å². The van der Waals surface area contributed by atoms with E-state index in [2.05, 4.69) is 62.4 Å². The maximum Gasteiger partial charge on any atom is 0.140 e. The predicted molar refractivity (Wildman–Crippen MR) is 135 cm³/mol. The van der Waals surface area contributed by atoms with Gasteiger partial charge in [-0.2, -0.15) is 0 Å². The normalized spacial score (nSPS) is 18.6. The summed E-state index contributed by atoms with van der Waals surface area (Å²) in [6.45, 7) is 5.28. The third-order valence-electron chi connectivity index (χ3n) is 6.98. The van der Waals surface area contributed by atoms with Crippen molar-refractivity contribution in [3.05, 3.63) is 54.1 Å². The van der Waals surface area contributed by atoms with Crippen molar-refractivity contribution in [2.75, 3.05) is 6.61 Å². The SMILES string of the molecule is CCCCCCCCOc1ccc(-c2ccc([C@H]3CC[C@H](CCCC)CC3=O)cc2)cc1. The molecular weight excluding hydrogens is 392 g/mol. The van der Waals surface area contributed by atoms with Crippen LogP contribution in [-0.4, -0.2) is 12.4 Å². The molecular formula is C30H42O2. The van der Waals surface area contributed by atoms with E-state index in [4.69, 9.17) is 4.74 Å². The molecule has 1 saturated carbocycles. The lowest BCUT2D eigenvalue weighted by atomic mass is 9.76. The monoisotopic (exact) mass is 434 g/mol. The van der Waals surface area contributed by atoms with Gasteiger partial charge in [-0.25, -0.2) is 0 Å². The summed E-state index contributed by atoms with van der Waals surface area (Å²) in [5, 5.41) is 0. The van der Waals surface area contributed by atoms with Crippen LogP contribution in [0.4, 0.5) is 0 Å². The number of Topliss-reactive ketones (excluding diaryl/α,β-unsaturated/α-hetero) is 1. The van der Waals surface area contributed by atoms with Crippen molar-refractivity contribution in [1.82, 2.24) is 0 Å². The number of carbonyl (C=O) groups excluding carboxylic acids is 1. The van der Waals surface area contributed by atoms with E-state index in [1.807, 2.05) is 0 Å². The molecule has 0 aromatic heterocycles. The fourth-order valence-corrected chi connectivity index (χ4v) is 4.91. The van der Waals surface area contributed by atoms with Gasteiger partial charge in [-0.15, -0.1) is 0 Å². The zero-order valence-electron chi connectivity index (χ0n) is 20.3. The van der Waals surface area contributed by atoms with E-state index in [0.717, 1.165) is 31.6 Å². The van der Waals surface area contributed by atoms with Crippen molar-refractivity contribution in [2.45, 2.75) is 96.8 Å². The summed E-state index contributed by atoms with van der Waals surface area (Å²) in [5.41, 5.74) is 3.57. The summed E-state index contributed by atoms with van der Waals surface area (Å²) >= 11 is 0. The summed E-state index contributed by atoms with van der Waals surface area (Å²) in [5.74, 6) is 2.10. The Bertz CT molecular complexity index is 791. The standard InChI is InChI=1S/C30H42O2/c1-3-5-7-8-9-10-22-32-28-19-17-26(18-20-28)25-13-15-27(16-14-25)29-21-12-24(11-6-4-2)23-30(29)31/h13-20,24,29H,3-12,21-23H2,1-2H3/t24-,29+/m0/s1. The highest BCUT2D eigenvalue weighted by Gasteiger charge is 2.29. The molecule has 1 aliphatic carbocycles. The summed E-state index contributed by atoms with van der Waals surface area (Å²) < 4.78 is 5.91. The van der Waals surface area contributed by atoms with Crippen LogP contribution in [0.25, 0.3) is 11.1 Å². The lowest BCUT2D eigenvalue weighted by Gasteiger charge is -2.27. The Hall–Kier alpha value is -2.09. The van der Waals surface area contributed by atoms with Gasteiger partial charge in [-0.1, -0.05) is 102 Å². The molecule has 32 heavy (non-hydrogen) atoms. The van der Waals surface area contributed by atoms with Gasteiger partial charge in [0.25, 0.3) is 0 Å². The molecule has 2 atom stereocenters. The van der Waals surface area contributed by atoms with E-state index in [9.17, 15) is 4.79 Å². The van der Waals surface area contributed by atoms with Crippen LogP contribution in [0.5, 0.6) is 5.75 Å². The molecule has 2 aromatic rings. The molecule has 0 N–H and O–H groups in total. The predicted octanol–water partition coefficient (Wildman–Crippen LogP) is 8.74. The Balaban J connectivity index is 1.47. The van der Waals surface area contributed by atoms with E-state index in [-0.39, 0.29) is 5.92 Å². The molecule has 0 aliphatic heterocycles. The molecule has 174 valence electrons. The smallest absolute Gasteiger partial charge is 0.140 e. The number of carbonyl (C=O) groups is 1. The Morgan fingerprint density at radius 2 is 1.38 bits per heavy atom. The fourth-order valence-electron chi connectivity index (χ4n) is 4.91. The first kappa shape index (κ1) is 24.6. The van der Waals surface area contributed by atoms with Gasteiger partial charge in [0.05, 0.1) is 6.61 Å². The van der Waals surface area contributed by atoms with Crippen molar-refractivity contribution in [3.63, 3.8) is 0 Å². The highest BCUT2D eigenvalue weighted by atomic mass is 16.5. The van der Waals surface area contributed by atoms with Crippen LogP contribution >= 0.6 is 0 Å². The van der Waals surface area contributed by atoms with Gasteiger partial charge in [0.1, 0.15) is 11.5 Å². The molecule has 0 unspecified atom stereocenters. The van der Waals surface area contributed by atoms with E-state index in [0.29, 0.717) is 11.7 Å². The summed E-state index contributed by atoms with van der Waals surface area (Å²) in [4.78, 5) is 12.7. The maximum absolute atomic E-state index is 12.7. The Morgan fingerprint density at radius 1 is 0.750 bits per heavy atom. The van der Waals surface area contributed by atoms with Gasteiger partial charge in [0.15, 0.2) is 0 Å². The van der Waals surface area contributed by atoms with Gasteiger partial charge >= 0.3 is 0 Å². The zero-order chi connectivity index (χ0) is 22.6. The minimum atomic E-state index is 0.0969. The number of benzene rings is 2. The van der Waals surface area contributed by atoms with Crippen molar-refractivity contribution in [2.24, 2.45) is 5.92 Å². The van der Waals surface area contributed by atoms with E-state index in [1.165, 1.54) is 74.5 Å². The van der Waals surface area contributed by atoms with Gasteiger partial charge in [-0.3, -0.25) is 4.79 Å². The zero-order valence-corrected chi connectivity index (χ0v) is 20.3. The molecule has 2 nitrogen and oxygen atoms in total. The van der Waals surface area contributed by atoms with Crippen LogP contribution in [0.2, 0.25) is 0 Å². The summed E-state index contributed by atoms with van der Waals surface area (Å²) in [6, 6.07) is 17.1. The van der Waals surface area contributed by atoms with Crippen LogP contribution in [0.1, 0.15) is 102 Å². The van der Waals surface area contributed by atoms with Crippen LogP contribution in [0.15, 0.2) is 48.5 Å². The van der Waals surface area contributed by atoms with Crippen LogP contribution in [0, 0.1) is 5.92 Å². The number of rotatable bonds is 13.